The Bertz CT molecular complexity index is 218. The average molecular weight is 215 g/mol. The monoisotopic (exact) mass is 215 g/mol. The van der Waals surface area contributed by atoms with E-state index in [9.17, 15) is 4.79 Å². The summed E-state index contributed by atoms with van der Waals surface area (Å²) < 4.78 is 10.3. The normalized spacial score (nSPS) is 18.7. The number of carbonyl (C=O) groups is 1. The lowest BCUT2D eigenvalue weighted by Gasteiger charge is -2.23. The predicted molar refractivity (Wildman–Crippen MR) is 57.7 cm³/mol. The Morgan fingerprint density at radius 1 is 1.47 bits per heavy atom. The van der Waals surface area contributed by atoms with E-state index in [2.05, 4.69) is 5.32 Å². The second kappa shape index (κ2) is 4.94. The molecule has 1 saturated carbocycles. The van der Waals surface area contributed by atoms with E-state index in [1.165, 1.54) is 7.11 Å². The van der Waals surface area contributed by atoms with Crippen LogP contribution in [0.2, 0.25) is 0 Å². The Morgan fingerprint density at radius 3 is 2.47 bits per heavy atom. The summed E-state index contributed by atoms with van der Waals surface area (Å²) in [7, 11) is 1.40. The van der Waals surface area contributed by atoms with Crippen LogP contribution >= 0.6 is 0 Å². The molecule has 0 aromatic heterocycles. The van der Waals surface area contributed by atoms with Gasteiger partial charge in [-0.25, -0.2) is 0 Å². The summed E-state index contributed by atoms with van der Waals surface area (Å²) in [5.41, 5.74) is -0.225. The van der Waals surface area contributed by atoms with Crippen LogP contribution in [0.15, 0.2) is 0 Å². The van der Waals surface area contributed by atoms with Gasteiger partial charge in [0.05, 0.1) is 19.3 Å². The highest BCUT2D eigenvalue weighted by molar-refractivity contribution is 5.75. The third kappa shape index (κ3) is 5.14. The lowest BCUT2D eigenvalue weighted by atomic mass is 10.2. The highest BCUT2D eigenvalue weighted by Crippen LogP contribution is 2.20. The van der Waals surface area contributed by atoms with Crippen molar-refractivity contribution in [3.8, 4) is 0 Å². The van der Waals surface area contributed by atoms with Crippen LogP contribution in [0.5, 0.6) is 0 Å². The van der Waals surface area contributed by atoms with Crippen LogP contribution in [-0.4, -0.2) is 37.4 Å². The van der Waals surface area contributed by atoms with Crippen molar-refractivity contribution in [1.82, 2.24) is 5.32 Å². The van der Waals surface area contributed by atoms with Gasteiger partial charge in [0.1, 0.15) is 6.04 Å². The first-order valence-electron chi connectivity index (χ1n) is 5.40. The zero-order chi connectivity index (χ0) is 11.5. The summed E-state index contributed by atoms with van der Waals surface area (Å²) >= 11 is 0. The molecule has 1 N–H and O–H groups in total. The van der Waals surface area contributed by atoms with Crippen molar-refractivity contribution in [1.29, 1.82) is 0 Å². The Kier molecular flexibility index (Phi) is 4.11. The van der Waals surface area contributed by atoms with Gasteiger partial charge >= 0.3 is 5.97 Å². The van der Waals surface area contributed by atoms with Crippen molar-refractivity contribution >= 4 is 5.97 Å². The van der Waals surface area contributed by atoms with Crippen LogP contribution in [0.4, 0.5) is 0 Å². The predicted octanol–water partition coefficient (Wildman–Crippen LogP) is 1.10. The van der Waals surface area contributed by atoms with Gasteiger partial charge in [-0.3, -0.25) is 10.1 Å². The van der Waals surface area contributed by atoms with Crippen molar-refractivity contribution in [2.75, 3.05) is 13.7 Å². The quantitative estimate of drug-likeness (QED) is 0.698. The largest absolute Gasteiger partial charge is 0.468 e. The van der Waals surface area contributed by atoms with E-state index in [1.54, 1.807) is 0 Å². The molecule has 15 heavy (non-hydrogen) atoms. The number of methoxy groups -OCH3 is 1. The van der Waals surface area contributed by atoms with Gasteiger partial charge in [-0.2, -0.15) is 0 Å². The molecule has 88 valence electrons. The van der Waals surface area contributed by atoms with Crippen molar-refractivity contribution in [3.05, 3.63) is 0 Å². The fraction of sp³-hybridized carbons (Fsp3) is 0.909. The summed E-state index contributed by atoms with van der Waals surface area (Å²) in [6.07, 6.45) is 2.28. The van der Waals surface area contributed by atoms with E-state index in [0.29, 0.717) is 12.6 Å². The number of ether oxygens (including phenoxy) is 2. The second-order valence-corrected chi connectivity index (χ2v) is 4.94. The maximum absolute atomic E-state index is 11.4. The summed E-state index contributed by atoms with van der Waals surface area (Å²) in [6.45, 7) is 6.28. The maximum atomic E-state index is 11.4. The number of carbonyl (C=O) groups excluding carboxylic acids is 1. The SMILES string of the molecule is COC(=O)C(COC(C)(C)C)NC1CC1. The first-order chi connectivity index (χ1) is 6.92. The Morgan fingerprint density at radius 2 is 2.07 bits per heavy atom. The van der Waals surface area contributed by atoms with Crippen LogP contribution in [0.1, 0.15) is 33.6 Å². The van der Waals surface area contributed by atoms with E-state index in [4.69, 9.17) is 9.47 Å². The summed E-state index contributed by atoms with van der Waals surface area (Å²) in [5, 5.41) is 3.21. The number of hydrogen-bond donors (Lipinski definition) is 1. The number of hydrogen-bond acceptors (Lipinski definition) is 4. The molecule has 1 rings (SSSR count). The fourth-order valence-corrected chi connectivity index (χ4v) is 1.19. The van der Waals surface area contributed by atoms with Crippen molar-refractivity contribution < 1.29 is 14.3 Å². The number of rotatable bonds is 5. The molecule has 1 aliphatic rings. The van der Waals surface area contributed by atoms with Crippen LogP contribution in [0.3, 0.4) is 0 Å². The molecular weight excluding hydrogens is 194 g/mol. The molecule has 1 aliphatic carbocycles. The maximum Gasteiger partial charge on any atom is 0.325 e. The molecule has 0 aromatic rings. The van der Waals surface area contributed by atoms with E-state index in [-0.39, 0.29) is 17.6 Å². The van der Waals surface area contributed by atoms with Crippen molar-refractivity contribution in [3.63, 3.8) is 0 Å². The van der Waals surface area contributed by atoms with E-state index >= 15 is 0 Å². The van der Waals surface area contributed by atoms with Crippen LogP contribution < -0.4 is 5.32 Å². The van der Waals surface area contributed by atoms with Crippen LogP contribution in [0, 0.1) is 0 Å². The summed E-state index contributed by atoms with van der Waals surface area (Å²) in [4.78, 5) is 11.4. The molecule has 0 heterocycles. The minimum absolute atomic E-state index is 0.225. The highest BCUT2D eigenvalue weighted by Gasteiger charge is 2.30. The third-order valence-corrected chi connectivity index (χ3v) is 2.18. The molecule has 0 spiro atoms. The lowest BCUT2D eigenvalue weighted by Crippen LogP contribution is -2.44. The summed E-state index contributed by atoms with van der Waals surface area (Å²) in [5.74, 6) is -0.244. The zero-order valence-electron chi connectivity index (χ0n) is 10.0. The molecule has 0 saturated heterocycles. The minimum Gasteiger partial charge on any atom is -0.468 e. The molecule has 4 heteroatoms. The van der Waals surface area contributed by atoms with Gasteiger partial charge in [0.25, 0.3) is 0 Å². The van der Waals surface area contributed by atoms with Gasteiger partial charge in [0, 0.05) is 6.04 Å². The molecule has 1 fully saturated rings. The van der Waals surface area contributed by atoms with Crippen molar-refractivity contribution in [2.24, 2.45) is 0 Å². The zero-order valence-corrected chi connectivity index (χ0v) is 10.0. The molecule has 0 aliphatic heterocycles. The fourth-order valence-electron chi connectivity index (χ4n) is 1.19. The van der Waals surface area contributed by atoms with E-state index in [1.807, 2.05) is 20.8 Å². The number of nitrogens with one attached hydrogen (secondary N) is 1. The standard InChI is InChI=1S/C11H21NO3/c1-11(2,3)15-7-9(10(13)14-4)12-8-5-6-8/h8-9,12H,5-7H2,1-4H3. The lowest BCUT2D eigenvalue weighted by molar-refractivity contribution is -0.146. The van der Waals surface area contributed by atoms with E-state index in [0.717, 1.165) is 12.8 Å². The van der Waals surface area contributed by atoms with Gasteiger partial charge in [-0.1, -0.05) is 0 Å². The third-order valence-electron chi connectivity index (χ3n) is 2.18. The summed E-state index contributed by atoms with van der Waals surface area (Å²) in [6, 6.07) is 0.138. The van der Waals surface area contributed by atoms with Crippen LogP contribution in [-0.2, 0) is 14.3 Å². The Labute approximate surface area is 91.3 Å². The smallest absolute Gasteiger partial charge is 0.325 e. The molecule has 0 amide bonds. The molecule has 1 atom stereocenters. The molecule has 1 unspecified atom stereocenters. The van der Waals surface area contributed by atoms with Gasteiger partial charge in [-0.15, -0.1) is 0 Å². The molecule has 0 bridgehead atoms. The second-order valence-electron chi connectivity index (χ2n) is 4.94. The first kappa shape index (κ1) is 12.5. The average Bonchev–Trinajstić information content (AvgIpc) is 2.93. The molecular formula is C11H21NO3. The highest BCUT2D eigenvalue weighted by atomic mass is 16.5. The van der Waals surface area contributed by atoms with E-state index < -0.39 is 0 Å². The van der Waals surface area contributed by atoms with Gasteiger partial charge < -0.3 is 9.47 Å². The van der Waals surface area contributed by atoms with Crippen LogP contribution in [0.25, 0.3) is 0 Å². The van der Waals surface area contributed by atoms with Crippen molar-refractivity contribution in [2.45, 2.75) is 51.3 Å². The molecule has 0 aromatic carbocycles. The topological polar surface area (TPSA) is 47.6 Å². The van der Waals surface area contributed by atoms with Gasteiger partial charge in [-0.05, 0) is 33.6 Å². The number of esters is 1. The van der Waals surface area contributed by atoms with Gasteiger partial charge in [0.15, 0.2) is 0 Å². The first-order valence-corrected chi connectivity index (χ1v) is 5.40. The Balaban J connectivity index is 2.37. The molecule has 0 radical (unpaired) electrons. The molecule has 4 nitrogen and oxygen atoms in total. The minimum atomic E-state index is -0.332. The Hall–Kier alpha value is -0.610. The van der Waals surface area contributed by atoms with Gasteiger partial charge in [0.2, 0.25) is 0 Å².